The summed E-state index contributed by atoms with van der Waals surface area (Å²) in [5, 5.41) is 0. The molecule has 0 aromatic heterocycles. The third kappa shape index (κ3) is 1.16. The minimum absolute atomic E-state index is 0.476. The highest BCUT2D eigenvalue weighted by Gasteiger charge is 2.67. The van der Waals surface area contributed by atoms with E-state index in [4.69, 9.17) is 0 Å². The molecular weight excluding hydrogens is 198 g/mol. The quantitative estimate of drug-likeness (QED) is 0.662. The number of carbonyl (C=O) groups excluding carboxylic acids is 1. The van der Waals surface area contributed by atoms with Gasteiger partial charge in [0.1, 0.15) is 0 Å². The summed E-state index contributed by atoms with van der Waals surface area (Å²) in [6, 6.07) is 0. The lowest BCUT2D eigenvalue weighted by Gasteiger charge is -2.27. The Kier molecular flexibility index (Phi) is 1.92. The Labute approximate surface area is 97.4 Å². The number of nitrogens with zero attached hydrogens (tertiary/aromatic N) is 1. The number of piperidine rings is 1. The van der Waals surface area contributed by atoms with E-state index in [0.29, 0.717) is 11.8 Å². The van der Waals surface area contributed by atoms with Gasteiger partial charge in [0, 0.05) is 19.0 Å². The predicted molar refractivity (Wildman–Crippen MR) is 61.7 cm³/mol. The van der Waals surface area contributed by atoms with Crippen LogP contribution in [0.25, 0.3) is 0 Å². The second-order valence-corrected chi connectivity index (χ2v) is 6.40. The van der Waals surface area contributed by atoms with Crippen LogP contribution in [0.15, 0.2) is 0 Å². The maximum absolute atomic E-state index is 12.4. The van der Waals surface area contributed by atoms with Crippen LogP contribution in [0.2, 0.25) is 0 Å². The number of likely N-dealkylation sites (tertiary alicyclic amines) is 1. The summed E-state index contributed by atoms with van der Waals surface area (Å²) in [7, 11) is 0. The summed E-state index contributed by atoms with van der Waals surface area (Å²) in [6.07, 6.45) is 8.11. The second-order valence-electron chi connectivity index (χ2n) is 6.40. The fourth-order valence-corrected chi connectivity index (χ4v) is 4.98. The summed E-state index contributed by atoms with van der Waals surface area (Å²) in [5.74, 6) is 4.54. The largest absolute Gasteiger partial charge is 0.342 e. The minimum Gasteiger partial charge on any atom is -0.342 e. The van der Waals surface area contributed by atoms with Crippen LogP contribution in [0.3, 0.4) is 0 Å². The normalized spacial score (nSPS) is 49.2. The van der Waals surface area contributed by atoms with Crippen molar-refractivity contribution in [3.63, 3.8) is 0 Å². The van der Waals surface area contributed by atoms with Gasteiger partial charge in [0.25, 0.3) is 0 Å². The fraction of sp³-hybridized carbons (Fsp3) is 0.929. The van der Waals surface area contributed by atoms with Crippen molar-refractivity contribution in [1.29, 1.82) is 0 Å². The number of fused-ring (bicyclic) bond motifs is 5. The number of hydrogen-bond acceptors (Lipinski definition) is 1. The van der Waals surface area contributed by atoms with E-state index < -0.39 is 0 Å². The third-order valence-corrected chi connectivity index (χ3v) is 5.69. The van der Waals surface area contributed by atoms with Gasteiger partial charge in [-0.05, 0) is 62.2 Å². The number of hydrogen-bond donors (Lipinski definition) is 0. The summed E-state index contributed by atoms with van der Waals surface area (Å²) >= 11 is 0. The highest BCUT2D eigenvalue weighted by Crippen LogP contribution is 2.69. The molecule has 1 heterocycles. The van der Waals surface area contributed by atoms with Gasteiger partial charge in [-0.3, -0.25) is 4.79 Å². The third-order valence-electron chi connectivity index (χ3n) is 5.69. The first-order valence-corrected chi connectivity index (χ1v) is 7.15. The summed E-state index contributed by atoms with van der Waals surface area (Å²) in [5.41, 5.74) is 0. The van der Waals surface area contributed by atoms with E-state index in [9.17, 15) is 4.79 Å². The van der Waals surface area contributed by atoms with Gasteiger partial charge in [0.05, 0.1) is 0 Å². The Morgan fingerprint density at radius 2 is 1.56 bits per heavy atom. The molecule has 4 atom stereocenters. The molecule has 4 fully saturated rings. The molecule has 0 spiro atoms. The average Bonchev–Trinajstić information content (AvgIpc) is 2.77. The topological polar surface area (TPSA) is 20.3 Å². The molecule has 4 aliphatic rings. The minimum atomic E-state index is 0.476. The van der Waals surface area contributed by atoms with Gasteiger partial charge in [-0.2, -0.15) is 0 Å². The Hall–Kier alpha value is -0.530. The molecule has 1 saturated heterocycles. The molecule has 0 aromatic carbocycles. The summed E-state index contributed by atoms with van der Waals surface area (Å²) in [4.78, 5) is 14.6. The van der Waals surface area contributed by atoms with Gasteiger partial charge in [0.2, 0.25) is 5.91 Å². The number of rotatable bonds is 1. The van der Waals surface area contributed by atoms with Crippen molar-refractivity contribution < 1.29 is 4.79 Å². The zero-order chi connectivity index (χ0) is 10.7. The lowest BCUT2D eigenvalue weighted by Crippen LogP contribution is -2.37. The van der Waals surface area contributed by atoms with Crippen LogP contribution in [0.5, 0.6) is 0 Å². The average molecular weight is 219 g/mol. The zero-order valence-corrected chi connectivity index (χ0v) is 9.90. The molecule has 3 saturated carbocycles. The van der Waals surface area contributed by atoms with E-state index in [1.54, 1.807) is 0 Å². The van der Waals surface area contributed by atoms with Crippen LogP contribution >= 0.6 is 0 Å². The molecule has 4 unspecified atom stereocenters. The molecule has 3 aliphatic carbocycles. The van der Waals surface area contributed by atoms with Crippen molar-refractivity contribution in [2.75, 3.05) is 13.1 Å². The Morgan fingerprint density at radius 3 is 2.19 bits per heavy atom. The maximum atomic E-state index is 12.4. The molecule has 2 nitrogen and oxygen atoms in total. The van der Waals surface area contributed by atoms with Crippen molar-refractivity contribution in [2.24, 2.45) is 29.6 Å². The highest BCUT2D eigenvalue weighted by molar-refractivity contribution is 5.83. The smallest absolute Gasteiger partial charge is 0.226 e. The monoisotopic (exact) mass is 219 g/mol. The van der Waals surface area contributed by atoms with E-state index in [1.165, 1.54) is 38.5 Å². The van der Waals surface area contributed by atoms with Crippen LogP contribution in [0.1, 0.15) is 38.5 Å². The lowest BCUT2D eigenvalue weighted by atomic mass is 10.0. The van der Waals surface area contributed by atoms with Crippen molar-refractivity contribution in [3.05, 3.63) is 0 Å². The molecule has 0 radical (unpaired) electrons. The van der Waals surface area contributed by atoms with Gasteiger partial charge in [-0.25, -0.2) is 0 Å². The van der Waals surface area contributed by atoms with E-state index >= 15 is 0 Å². The van der Waals surface area contributed by atoms with Crippen molar-refractivity contribution in [2.45, 2.75) is 38.5 Å². The number of carbonyl (C=O) groups is 1. The lowest BCUT2D eigenvalue weighted by molar-refractivity contribution is -0.134. The van der Waals surface area contributed by atoms with Crippen molar-refractivity contribution in [1.82, 2.24) is 4.90 Å². The first-order chi connectivity index (χ1) is 7.86. The molecule has 0 aromatic rings. The predicted octanol–water partition coefficient (Wildman–Crippen LogP) is 2.29. The Balaban J connectivity index is 1.46. The molecule has 88 valence electrons. The fourth-order valence-electron chi connectivity index (χ4n) is 4.98. The molecular formula is C14H21NO. The van der Waals surface area contributed by atoms with Gasteiger partial charge >= 0.3 is 0 Å². The highest BCUT2D eigenvalue weighted by atomic mass is 16.2. The number of amides is 1. The molecule has 2 heteroatoms. The molecule has 1 aliphatic heterocycles. The first-order valence-electron chi connectivity index (χ1n) is 7.15. The van der Waals surface area contributed by atoms with Gasteiger partial charge in [0.15, 0.2) is 0 Å². The van der Waals surface area contributed by atoms with Crippen LogP contribution in [0.4, 0.5) is 0 Å². The van der Waals surface area contributed by atoms with E-state index in [-0.39, 0.29) is 0 Å². The van der Waals surface area contributed by atoms with Crippen molar-refractivity contribution in [3.8, 4) is 0 Å². The molecule has 0 N–H and O–H groups in total. The molecule has 16 heavy (non-hydrogen) atoms. The summed E-state index contributed by atoms with van der Waals surface area (Å²) in [6.45, 7) is 2.09. The van der Waals surface area contributed by atoms with Crippen molar-refractivity contribution >= 4 is 5.91 Å². The van der Waals surface area contributed by atoms with Gasteiger partial charge in [-0.15, -0.1) is 0 Å². The molecule has 2 bridgehead atoms. The SMILES string of the molecule is O=C(C1C2C3CCC(C3)C12)N1CCCCC1. The van der Waals surface area contributed by atoms with E-state index in [2.05, 4.69) is 4.90 Å². The summed E-state index contributed by atoms with van der Waals surface area (Å²) < 4.78 is 0. The van der Waals surface area contributed by atoms with Crippen LogP contribution < -0.4 is 0 Å². The molecule has 1 amide bonds. The second kappa shape index (κ2) is 3.24. The van der Waals surface area contributed by atoms with Gasteiger partial charge in [-0.1, -0.05) is 0 Å². The van der Waals surface area contributed by atoms with E-state index in [1.807, 2.05) is 0 Å². The standard InChI is InChI=1S/C14H21NO/c16-14(15-6-2-1-3-7-15)13-11-9-4-5-10(8-9)12(11)13/h9-13H,1-8H2. The van der Waals surface area contributed by atoms with E-state index in [0.717, 1.165) is 36.8 Å². The Bertz CT molecular complexity index is 305. The first kappa shape index (κ1) is 9.49. The van der Waals surface area contributed by atoms with Crippen LogP contribution in [-0.4, -0.2) is 23.9 Å². The van der Waals surface area contributed by atoms with Crippen LogP contribution in [-0.2, 0) is 4.79 Å². The zero-order valence-electron chi connectivity index (χ0n) is 9.90. The Morgan fingerprint density at radius 1 is 0.938 bits per heavy atom. The molecule has 4 rings (SSSR count). The van der Waals surface area contributed by atoms with Gasteiger partial charge < -0.3 is 4.90 Å². The maximum Gasteiger partial charge on any atom is 0.226 e. The van der Waals surface area contributed by atoms with Crippen LogP contribution in [0, 0.1) is 29.6 Å².